The summed E-state index contributed by atoms with van der Waals surface area (Å²) in [4.78, 5) is 26.4. The molecule has 1 amide bonds. The highest BCUT2D eigenvalue weighted by atomic mass is 35.5. The SMILES string of the molecule is O=C(O)c1csc(CCNC(=O)c2cc(Cl)sc2Cl)n1. The minimum atomic E-state index is -1.06. The number of rotatable bonds is 5. The van der Waals surface area contributed by atoms with Gasteiger partial charge in [-0.1, -0.05) is 23.2 Å². The van der Waals surface area contributed by atoms with Gasteiger partial charge in [0, 0.05) is 18.3 Å². The Labute approximate surface area is 132 Å². The van der Waals surface area contributed by atoms with Gasteiger partial charge in [0.15, 0.2) is 5.69 Å². The summed E-state index contributed by atoms with van der Waals surface area (Å²) in [6.07, 6.45) is 0.458. The van der Waals surface area contributed by atoms with Crippen LogP contribution < -0.4 is 5.32 Å². The fourth-order valence-corrected chi connectivity index (χ4v) is 3.63. The molecule has 5 nitrogen and oxygen atoms in total. The van der Waals surface area contributed by atoms with E-state index in [1.807, 2.05) is 0 Å². The third-order valence-corrected chi connectivity index (χ3v) is 4.69. The number of carbonyl (C=O) groups excluding carboxylic acids is 1. The number of amides is 1. The van der Waals surface area contributed by atoms with Crippen molar-refractivity contribution < 1.29 is 14.7 Å². The lowest BCUT2D eigenvalue weighted by Gasteiger charge is -2.02. The van der Waals surface area contributed by atoms with Crippen molar-refractivity contribution in [3.8, 4) is 0 Å². The Bertz CT molecular complexity index is 654. The van der Waals surface area contributed by atoms with Crippen molar-refractivity contribution in [2.24, 2.45) is 0 Å². The Kier molecular flexibility index (Phi) is 4.98. The molecule has 0 saturated heterocycles. The second kappa shape index (κ2) is 6.53. The molecule has 0 spiro atoms. The minimum Gasteiger partial charge on any atom is -0.476 e. The minimum absolute atomic E-state index is 0.0176. The lowest BCUT2D eigenvalue weighted by molar-refractivity contribution is 0.0690. The van der Waals surface area contributed by atoms with Gasteiger partial charge in [0.05, 0.1) is 14.9 Å². The van der Waals surface area contributed by atoms with Gasteiger partial charge in [0.1, 0.15) is 4.34 Å². The molecule has 106 valence electrons. The number of carboxylic acid groups (broad SMARTS) is 1. The summed E-state index contributed by atoms with van der Waals surface area (Å²) in [5, 5.41) is 13.5. The maximum atomic E-state index is 11.8. The number of hydrogen-bond acceptors (Lipinski definition) is 5. The van der Waals surface area contributed by atoms with Crippen molar-refractivity contribution in [2.45, 2.75) is 6.42 Å². The molecule has 0 radical (unpaired) electrons. The number of carboxylic acids is 1. The van der Waals surface area contributed by atoms with Crippen molar-refractivity contribution in [2.75, 3.05) is 6.54 Å². The zero-order chi connectivity index (χ0) is 14.7. The fourth-order valence-electron chi connectivity index (χ4n) is 1.40. The lowest BCUT2D eigenvalue weighted by atomic mass is 10.3. The number of nitrogens with one attached hydrogen (secondary N) is 1. The van der Waals surface area contributed by atoms with E-state index in [4.69, 9.17) is 28.3 Å². The average molecular weight is 351 g/mol. The van der Waals surface area contributed by atoms with E-state index in [-0.39, 0.29) is 11.6 Å². The van der Waals surface area contributed by atoms with Crippen molar-refractivity contribution in [1.82, 2.24) is 10.3 Å². The van der Waals surface area contributed by atoms with Gasteiger partial charge in [0.25, 0.3) is 5.91 Å². The second-order valence-electron chi connectivity index (χ2n) is 3.68. The number of aromatic nitrogens is 1. The molecule has 0 aliphatic rings. The number of halogens is 2. The first-order chi connectivity index (χ1) is 9.47. The van der Waals surface area contributed by atoms with Gasteiger partial charge in [-0.3, -0.25) is 4.79 Å². The molecule has 0 atom stereocenters. The maximum absolute atomic E-state index is 11.8. The molecule has 9 heteroatoms. The third kappa shape index (κ3) is 3.69. The van der Waals surface area contributed by atoms with E-state index in [1.54, 1.807) is 0 Å². The average Bonchev–Trinajstić information content (AvgIpc) is 2.96. The largest absolute Gasteiger partial charge is 0.476 e. The van der Waals surface area contributed by atoms with E-state index in [9.17, 15) is 9.59 Å². The van der Waals surface area contributed by atoms with Crippen LogP contribution in [0.2, 0.25) is 8.67 Å². The van der Waals surface area contributed by atoms with Crippen LogP contribution in [0.25, 0.3) is 0 Å². The standard InChI is InChI=1S/C11H8Cl2N2O3S2/c12-7-3-5(9(13)20-7)10(16)14-2-1-8-15-6(4-19-8)11(17)18/h3-4H,1-2H2,(H,14,16)(H,17,18). The Hall–Kier alpha value is -1.15. The first-order valence-electron chi connectivity index (χ1n) is 5.38. The molecule has 0 bridgehead atoms. The molecule has 2 rings (SSSR count). The van der Waals surface area contributed by atoms with Gasteiger partial charge in [-0.25, -0.2) is 9.78 Å². The van der Waals surface area contributed by atoms with Crippen LogP contribution in [0.15, 0.2) is 11.4 Å². The number of hydrogen-bond donors (Lipinski definition) is 2. The molecule has 0 aromatic carbocycles. The Morgan fingerprint density at radius 2 is 2.15 bits per heavy atom. The van der Waals surface area contributed by atoms with Crippen LogP contribution >= 0.6 is 45.9 Å². The quantitative estimate of drug-likeness (QED) is 0.867. The molecule has 0 saturated carbocycles. The Balaban J connectivity index is 1.87. The highest BCUT2D eigenvalue weighted by Crippen LogP contribution is 2.30. The summed E-state index contributed by atoms with van der Waals surface area (Å²) >= 11 is 14.0. The molecule has 20 heavy (non-hydrogen) atoms. The fraction of sp³-hybridized carbons (Fsp3) is 0.182. The first kappa shape index (κ1) is 15.2. The summed E-state index contributed by atoms with van der Waals surface area (Å²) in [6, 6.07) is 1.51. The van der Waals surface area contributed by atoms with Gasteiger partial charge in [-0.05, 0) is 6.07 Å². The number of thiazole rings is 1. The highest BCUT2D eigenvalue weighted by Gasteiger charge is 2.14. The lowest BCUT2D eigenvalue weighted by Crippen LogP contribution is -2.25. The Morgan fingerprint density at radius 3 is 2.70 bits per heavy atom. The van der Waals surface area contributed by atoms with Crippen LogP contribution in [0.3, 0.4) is 0 Å². The van der Waals surface area contributed by atoms with Gasteiger partial charge >= 0.3 is 5.97 Å². The predicted molar refractivity (Wildman–Crippen MR) is 79.4 cm³/mol. The topological polar surface area (TPSA) is 79.3 Å². The predicted octanol–water partition coefficient (Wildman–Crippen LogP) is 3.18. The summed E-state index contributed by atoms with van der Waals surface area (Å²) in [7, 11) is 0. The van der Waals surface area contributed by atoms with Crippen molar-refractivity contribution >= 4 is 57.8 Å². The first-order valence-corrected chi connectivity index (χ1v) is 7.83. The summed E-state index contributed by atoms with van der Waals surface area (Å²) in [5.41, 5.74) is 0.357. The molecule has 2 aromatic heterocycles. The van der Waals surface area contributed by atoms with Crippen LogP contribution in [0.5, 0.6) is 0 Å². The molecule has 0 aliphatic carbocycles. The number of aromatic carboxylic acids is 1. The molecular weight excluding hydrogens is 343 g/mol. The molecular formula is C11H8Cl2N2O3S2. The van der Waals surface area contributed by atoms with E-state index >= 15 is 0 Å². The molecule has 0 aliphatic heterocycles. The Morgan fingerprint density at radius 1 is 1.40 bits per heavy atom. The van der Waals surface area contributed by atoms with Crippen LogP contribution in [0.1, 0.15) is 25.9 Å². The van der Waals surface area contributed by atoms with Gasteiger partial charge in [-0.2, -0.15) is 0 Å². The van der Waals surface area contributed by atoms with E-state index < -0.39 is 5.97 Å². The maximum Gasteiger partial charge on any atom is 0.355 e. The zero-order valence-electron chi connectivity index (χ0n) is 9.85. The zero-order valence-corrected chi connectivity index (χ0v) is 13.0. The van der Waals surface area contributed by atoms with Crippen molar-refractivity contribution in [3.63, 3.8) is 0 Å². The molecule has 2 N–H and O–H groups in total. The number of carbonyl (C=O) groups is 2. The number of thiophene rings is 1. The molecule has 2 heterocycles. The third-order valence-electron chi connectivity index (χ3n) is 2.30. The van der Waals surface area contributed by atoms with E-state index in [0.29, 0.717) is 32.2 Å². The van der Waals surface area contributed by atoms with E-state index in [0.717, 1.165) is 11.3 Å². The van der Waals surface area contributed by atoms with Crippen LogP contribution in [-0.4, -0.2) is 28.5 Å². The summed E-state index contributed by atoms with van der Waals surface area (Å²) in [6.45, 7) is 0.342. The van der Waals surface area contributed by atoms with E-state index in [1.165, 1.54) is 22.8 Å². The smallest absolute Gasteiger partial charge is 0.355 e. The van der Waals surface area contributed by atoms with Crippen molar-refractivity contribution in [1.29, 1.82) is 0 Å². The molecule has 0 fully saturated rings. The second-order valence-corrected chi connectivity index (χ2v) is 6.90. The van der Waals surface area contributed by atoms with Gasteiger partial charge in [-0.15, -0.1) is 22.7 Å². The normalized spacial score (nSPS) is 10.5. The van der Waals surface area contributed by atoms with Crippen molar-refractivity contribution in [3.05, 3.63) is 36.4 Å². The van der Waals surface area contributed by atoms with E-state index in [2.05, 4.69) is 10.3 Å². The van der Waals surface area contributed by atoms with Crippen LogP contribution in [-0.2, 0) is 6.42 Å². The van der Waals surface area contributed by atoms with Gasteiger partial charge < -0.3 is 10.4 Å². The van der Waals surface area contributed by atoms with Crippen LogP contribution in [0, 0.1) is 0 Å². The molecule has 0 unspecified atom stereocenters. The molecule has 2 aromatic rings. The summed E-state index contributed by atoms with van der Waals surface area (Å²) < 4.78 is 0.793. The van der Waals surface area contributed by atoms with Crippen LogP contribution in [0.4, 0.5) is 0 Å². The monoisotopic (exact) mass is 350 g/mol. The van der Waals surface area contributed by atoms with Gasteiger partial charge in [0.2, 0.25) is 0 Å². The summed E-state index contributed by atoms with van der Waals surface area (Å²) in [5.74, 6) is -1.37. The highest BCUT2D eigenvalue weighted by molar-refractivity contribution is 7.20. The number of nitrogens with zero attached hydrogens (tertiary/aromatic N) is 1.